The Balaban J connectivity index is 5.94. The predicted octanol–water partition coefficient (Wildman–Crippen LogP) is -6.06. The van der Waals surface area contributed by atoms with E-state index in [1.165, 1.54) is 6.92 Å². The van der Waals surface area contributed by atoms with Gasteiger partial charge in [0, 0.05) is 24.6 Å². The summed E-state index contributed by atoms with van der Waals surface area (Å²) in [5.74, 6) is -7.67. The van der Waals surface area contributed by atoms with Crippen molar-refractivity contribution in [1.82, 2.24) is 31.9 Å². The number of carboxylic acids is 1. The second-order valence-corrected chi connectivity index (χ2v) is 12.9. The Labute approximate surface area is 318 Å². The number of hydrogen-bond donors (Lipinski definition) is 15. The van der Waals surface area contributed by atoms with Crippen molar-refractivity contribution in [3.05, 3.63) is 0 Å². The molecule has 0 aliphatic carbocycles. The standard InChI is InChI=1S/C29H55N13O9S2/c1-13(2)20(26(50)42-21(14(3)43)27(51)40-17(11-52)23(47)37-10-19(44)45)41-24(48)16(7-5-9-36-29(33)34)38-25(49)18(12-53)39-22(46)15(30)6-4-8-35-28(31)32/h13-18,20-21,43,52-53H,4-12,30H2,1-3H3,(H,37,47)(H,38,49)(H,39,46)(H,40,51)(H,41,48)(H,42,50)(H,44,45)(H4,31,32,35)(H4,33,34,36)/t14-,15+,16+,17+,18+,20+,21+/m1/s1. The quantitative estimate of drug-likeness (QED) is 0.0177. The molecule has 18 N–H and O–H groups in total. The molecule has 0 aromatic rings. The lowest BCUT2D eigenvalue weighted by Crippen LogP contribution is -2.62. The number of nitrogens with one attached hydrogen (secondary N) is 6. The van der Waals surface area contributed by atoms with E-state index in [0.29, 0.717) is 6.42 Å². The SMILES string of the molecule is CC(C)[C@H](NC(=O)[C@H](CCCN=C(N)N)NC(=O)[C@H](CS)NC(=O)[C@@H](N)CCCN=C(N)N)C(=O)N[C@H](C(=O)N[C@@H](CS)C(=O)NCC(=O)O)[C@@H](C)O. The molecular weight excluding hydrogens is 739 g/mol. The lowest BCUT2D eigenvalue weighted by atomic mass is 10.0. The molecule has 0 aliphatic heterocycles. The van der Waals surface area contributed by atoms with Gasteiger partial charge in [-0.1, -0.05) is 13.8 Å². The number of carboxylic acid groups (broad SMARTS) is 1. The van der Waals surface area contributed by atoms with E-state index in [1.807, 2.05) is 0 Å². The topological polar surface area (TPSA) is 387 Å². The summed E-state index contributed by atoms with van der Waals surface area (Å²) < 4.78 is 0. The smallest absolute Gasteiger partial charge is 0.322 e. The largest absolute Gasteiger partial charge is 0.480 e. The maximum atomic E-state index is 13.6. The Bertz CT molecular complexity index is 1310. The molecule has 0 aromatic carbocycles. The van der Waals surface area contributed by atoms with Gasteiger partial charge in [0.25, 0.3) is 0 Å². The maximum absolute atomic E-state index is 13.6. The van der Waals surface area contributed by atoms with E-state index in [9.17, 15) is 38.7 Å². The van der Waals surface area contributed by atoms with E-state index in [-0.39, 0.29) is 55.8 Å². The number of hydrogen-bond acceptors (Lipinski definition) is 13. The molecular formula is C29H55N13O9S2. The summed E-state index contributed by atoms with van der Waals surface area (Å²) >= 11 is 8.15. The van der Waals surface area contributed by atoms with Crippen molar-refractivity contribution >= 4 is 78.6 Å². The van der Waals surface area contributed by atoms with E-state index in [0.717, 1.165) is 0 Å². The van der Waals surface area contributed by atoms with E-state index in [2.05, 4.69) is 67.1 Å². The first-order valence-electron chi connectivity index (χ1n) is 16.5. The van der Waals surface area contributed by atoms with Gasteiger partial charge in [0.05, 0.1) is 12.1 Å². The Kier molecular flexibility index (Phi) is 23.2. The van der Waals surface area contributed by atoms with Gasteiger partial charge >= 0.3 is 5.97 Å². The summed E-state index contributed by atoms with van der Waals surface area (Å²) in [4.78, 5) is 96.9. The van der Waals surface area contributed by atoms with Crippen LogP contribution in [0.4, 0.5) is 0 Å². The molecule has 0 aromatic heterocycles. The third-order valence-electron chi connectivity index (χ3n) is 7.24. The number of nitrogens with zero attached hydrogens (tertiary/aromatic N) is 2. The maximum Gasteiger partial charge on any atom is 0.322 e. The lowest BCUT2D eigenvalue weighted by molar-refractivity contribution is -0.138. The second kappa shape index (κ2) is 25.4. The fourth-order valence-electron chi connectivity index (χ4n) is 4.35. The number of aliphatic hydroxyl groups excluding tert-OH is 1. The molecule has 22 nitrogen and oxygen atoms in total. The van der Waals surface area contributed by atoms with E-state index >= 15 is 0 Å². The monoisotopic (exact) mass is 793 g/mol. The van der Waals surface area contributed by atoms with Crippen LogP contribution in [0.3, 0.4) is 0 Å². The van der Waals surface area contributed by atoms with Crippen LogP contribution in [-0.2, 0) is 33.6 Å². The van der Waals surface area contributed by atoms with Crippen molar-refractivity contribution in [3.63, 3.8) is 0 Å². The number of amides is 6. The average molecular weight is 794 g/mol. The highest BCUT2D eigenvalue weighted by atomic mass is 32.1. The van der Waals surface area contributed by atoms with E-state index in [4.69, 9.17) is 33.8 Å². The summed E-state index contributed by atoms with van der Waals surface area (Å²) in [5.41, 5.74) is 27.3. The van der Waals surface area contributed by atoms with Crippen molar-refractivity contribution in [2.24, 2.45) is 44.6 Å². The van der Waals surface area contributed by atoms with Crippen molar-refractivity contribution in [1.29, 1.82) is 0 Å². The molecule has 53 heavy (non-hydrogen) atoms. The molecule has 6 amide bonds. The van der Waals surface area contributed by atoms with Crippen LogP contribution in [0.25, 0.3) is 0 Å². The Morgan fingerprint density at radius 3 is 1.53 bits per heavy atom. The normalized spacial score (nSPS) is 14.8. The molecule has 0 bridgehead atoms. The molecule has 0 rings (SSSR count). The number of aliphatic carboxylic acids is 1. The predicted molar refractivity (Wildman–Crippen MR) is 202 cm³/mol. The Hall–Kier alpha value is -4.55. The van der Waals surface area contributed by atoms with Gasteiger partial charge in [-0.25, -0.2) is 0 Å². The zero-order valence-electron chi connectivity index (χ0n) is 29.9. The van der Waals surface area contributed by atoms with Crippen LogP contribution in [0.1, 0.15) is 46.5 Å². The van der Waals surface area contributed by atoms with Crippen molar-refractivity contribution < 1.29 is 43.8 Å². The van der Waals surface area contributed by atoms with Gasteiger partial charge in [-0.15, -0.1) is 0 Å². The first kappa shape index (κ1) is 48.4. The van der Waals surface area contributed by atoms with Gasteiger partial charge in [-0.2, -0.15) is 25.3 Å². The second-order valence-electron chi connectivity index (χ2n) is 12.1. The third kappa shape index (κ3) is 19.7. The van der Waals surface area contributed by atoms with Crippen LogP contribution in [0.15, 0.2) is 9.98 Å². The fraction of sp³-hybridized carbons (Fsp3) is 0.690. The molecule has 302 valence electrons. The van der Waals surface area contributed by atoms with Crippen LogP contribution in [-0.4, -0.2) is 137 Å². The van der Waals surface area contributed by atoms with Gasteiger partial charge < -0.3 is 70.8 Å². The highest BCUT2D eigenvalue weighted by molar-refractivity contribution is 7.80. The van der Waals surface area contributed by atoms with Crippen LogP contribution in [0, 0.1) is 5.92 Å². The molecule has 0 saturated carbocycles. The summed E-state index contributed by atoms with van der Waals surface area (Å²) in [7, 11) is 0. The number of carbonyl (C=O) groups is 7. The van der Waals surface area contributed by atoms with Crippen LogP contribution in [0.5, 0.6) is 0 Å². The highest BCUT2D eigenvalue weighted by Crippen LogP contribution is 2.08. The zero-order chi connectivity index (χ0) is 40.8. The van der Waals surface area contributed by atoms with Crippen LogP contribution in [0.2, 0.25) is 0 Å². The molecule has 0 spiro atoms. The minimum atomic E-state index is -1.62. The van der Waals surface area contributed by atoms with Gasteiger partial charge in [-0.05, 0) is 38.5 Å². The number of nitrogens with two attached hydrogens (primary N) is 5. The van der Waals surface area contributed by atoms with Gasteiger partial charge in [0.1, 0.15) is 36.8 Å². The molecule has 7 atom stereocenters. The van der Waals surface area contributed by atoms with Gasteiger partial charge in [0.15, 0.2) is 11.9 Å². The highest BCUT2D eigenvalue weighted by Gasteiger charge is 2.35. The third-order valence-corrected chi connectivity index (χ3v) is 7.97. The first-order valence-corrected chi connectivity index (χ1v) is 17.8. The number of aliphatic imine (C=N–C) groups is 2. The minimum Gasteiger partial charge on any atom is -0.480 e. The number of carbonyl (C=O) groups excluding carboxylic acids is 6. The van der Waals surface area contributed by atoms with Crippen LogP contribution >= 0.6 is 25.3 Å². The summed E-state index contributed by atoms with van der Waals surface area (Å²) in [6, 6.07) is -7.76. The van der Waals surface area contributed by atoms with E-state index < -0.39 is 96.2 Å². The minimum absolute atomic E-state index is 0.0217. The number of rotatable bonds is 25. The Morgan fingerprint density at radius 1 is 0.623 bits per heavy atom. The molecule has 0 saturated heterocycles. The number of guanidine groups is 2. The number of aliphatic hydroxyl groups is 1. The van der Waals surface area contributed by atoms with Crippen molar-refractivity contribution in [3.8, 4) is 0 Å². The molecule has 0 unspecified atom stereocenters. The molecule has 24 heteroatoms. The van der Waals surface area contributed by atoms with Crippen molar-refractivity contribution in [2.45, 2.75) is 88.8 Å². The summed E-state index contributed by atoms with van der Waals surface area (Å²) in [6.07, 6.45) is -0.728. The van der Waals surface area contributed by atoms with Gasteiger partial charge in [0.2, 0.25) is 35.4 Å². The summed E-state index contributed by atoms with van der Waals surface area (Å²) in [5, 5.41) is 33.5. The first-order chi connectivity index (χ1) is 24.7. The van der Waals surface area contributed by atoms with E-state index in [1.54, 1.807) is 13.8 Å². The van der Waals surface area contributed by atoms with Crippen molar-refractivity contribution in [2.75, 3.05) is 31.1 Å². The summed E-state index contributed by atoms with van der Waals surface area (Å²) in [6.45, 7) is 3.98. The molecule has 0 radical (unpaired) electrons. The number of thiol groups is 2. The van der Waals surface area contributed by atoms with Gasteiger partial charge in [-0.3, -0.25) is 43.5 Å². The lowest BCUT2D eigenvalue weighted by Gasteiger charge is -2.29. The fourth-order valence-corrected chi connectivity index (χ4v) is 4.86. The Morgan fingerprint density at radius 2 is 1.06 bits per heavy atom. The molecule has 0 fully saturated rings. The zero-order valence-corrected chi connectivity index (χ0v) is 31.7. The molecule has 0 heterocycles. The average Bonchev–Trinajstić information content (AvgIpc) is 3.08. The molecule has 0 aliphatic rings. The van der Waals surface area contributed by atoms with Crippen LogP contribution < -0.4 is 60.6 Å².